The maximum absolute atomic E-state index is 12.0. The number of aliphatic hydroxyl groups is 2. The second-order valence-corrected chi connectivity index (χ2v) is 5.34. The number of nitrogens with zero attached hydrogens (tertiary/aromatic N) is 2. The number of hydrogen-bond donors (Lipinski definition) is 2. The molecule has 2 fully saturated rings. The lowest BCUT2D eigenvalue weighted by molar-refractivity contribution is -0.138. The molecule has 2 rings (SSSR count). The Morgan fingerprint density at radius 2 is 1.32 bits per heavy atom. The van der Waals surface area contributed by atoms with Gasteiger partial charge in [-0.25, -0.2) is 0 Å². The molecule has 0 aliphatic carbocycles. The van der Waals surface area contributed by atoms with Gasteiger partial charge in [-0.3, -0.25) is 9.59 Å². The molecule has 0 radical (unpaired) electrons. The van der Waals surface area contributed by atoms with Crippen molar-refractivity contribution in [2.45, 2.75) is 25.7 Å². The molecule has 2 N–H and O–H groups in total. The van der Waals surface area contributed by atoms with Crippen LogP contribution in [0.25, 0.3) is 0 Å². The molecule has 0 aromatic carbocycles. The Labute approximate surface area is 113 Å². The number of amides is 2. The summed E-state index contributed by atoms with van der Waals surface area (Å²) in [5.74, 6) is -0.0770. The van der Waals surface area contributed by atoms with Gasteiger partial charge in [0.2, 0.25) is 11.8 Å². The predicted molar refractivity (Wildman–Crippen MR) is 67.9 cm³/mol. The highest BCUT2D eigenvalue weighted by molar-refractivity contribution is 5.83. The van der Waals surface area contributed by atoms with E-state index in [0.29, 0.717) is 32.6 Å². The minimum atomic E-state index is -0.0871. The van der Waals surface area contributed by atoms with Crippen LogP contribution >= 0.6 is 0 Å². The summed E-state index contributed by atoms with van der Waals surface area (Å²) >= 11 is 0. The quantitative estimate of drug-likeness (QED) is 0.676. The van der Waals surface area contributed by atoms with Gasteiger partial charge in [0, 0.05) is 38.1 Å². The van der Waals surface area contributed by atoms with Gasteiger partial charge in [0.05, 0.1) is 6.67 Å². The van der Waals surface area contributed by atoms with Crippen LogP contribution in [0.4, 0.5) is 0 Å². The maximum Gasteiger partial charge on any atom is 0.227 e. The summed E-state index contributed by atoms with van der Waals surface area (Å²) in [5, 5.41) is 17.8. The van der Waals surface area contributed by atoms with Gasteiger partial charge in [-0.15, -0.1) is 0 Å². The van der Waals surface area contributed by atoms with E-state index < -0.39 is 0 Å². The third kappa shape index (κ3) is 3.06. The van der Waals surface area contributed by atoms with Crippen molar-refractivity contribution < 1.29 is 19.8 Å². The summed E-state index contributed by atoms with van der Waals surface area (Å²) in [7, 11) is 0. The zero-order valence-corrected chi connectivity index (χ0v) is 11.1. The molecule has 0 saturated carbocycles. The lowest BCUT2D eigenvalue weighted by Gasteiger charge is -2.24. The minimum absolute atomic E-state index is 0.0332. The van der Waals surface area contributed by atoms with Crippen molar-refractivity contribution in [2.75, 3.05) is 33.0 Å². The minimum Gasteiger partial charge on any atom is -0.396 e. The molecule has 0 aromatic rings. The first kappa shape index (κ1) is 14.3. The van der Waals surface area contributed by atoms with E-state index in [4.69, 9.17) is 10.2 Å². The topological polar surface area (TPSA) is 81.1 Å². The van der Waals surface area contributed by atoms with Crippen molar-refractivity contribution in [3.8, 4) is 0 Å². The van der Waals surface area contributed by atoms with Gasteiger partial charge >= 0.3 is 0 Å². The van der Waals surface area contributed by atoms with Crippen molar-refractivity contribution in [1.82, 2.24) is 9.80 Å². The molecule has 19 heavy (non-hydrogen) atoms. The summed E-state index contributed by atoms with van der Waals surface area (Å²) in [6.07, 6.45) is 2.55. The molecule has 6 nitrogen and oxygen atoms in total. The molecule has 6 heteroatoms. The lowest BCUT2D eigenvalue weighted by Crippen LogP contribution is -2.41. The van der Waals surface area contributed by atoms with Crippen LogP contribution < -0.4 is 0 Å². The summed E-state index contributed by atoms with van der Waals surface area (Å²) in [5.41, 5.74) is 0. The highest BCUT2D eigenvalue weighted by atomic mass is 16.3. The fourth-order valence-corrected chi connectivity index (χ4v) is 2.94. The van der Waals surface area contributed by atoms with E-state index in [0.717, 1.165) is 12.8 Å². The molecular formula is C13H22N2O4. The van der Waals surface area contributed by atoms with Crippen molar-refractivity contribution >= 4 is 11.8 Å². The molecule has 2 atom stereocenters. The Balaban J connectivity index is 1.86. The van der Waals surface area contributed by atoms with Crippen LogP contribution in [0.15, 0.2) is 0 Å². The van der Waals surface area contributed by atoms with Gasteiger partial charge in [-0.05, 0) is 25.7 Å². The third-order valence-electron chi connectivity index (χ3n) is 4.11. The number of rotatable bonds is 6. The molecular weight excluding hydrogens is 248 g/mol. The first-order chi connectivity index (χ1) is 9.17. The molecule has 2 saturated heterocycles. The molecule has 2 aliphatic rings. The van der Waals surface area contributed by atoms with E-state index in [9.17, 15) is 9.59 Å². The summed E-state index contributed by atoms with van der Waals surface area (Å²) in [6, 6.07) is 0. The van der Waals surface area contributed by atoms with Crippen LogP contribution in [0, 0.1) is 11.8 Å². The van der Waals surface area contributed by atoms with Crippen LogP contribution in [0.5, 0.6) is 0 Å². The Morgan fingerprint density at radius 1 is 0.895 bits per heavy atom. The Hall–Kier alpha value is -1.14. The number of likely N-dealkylation sites (tertiary alicyclic amines) is 2. The van der Waals surface area contributed by atoms with E-state index >= 15 is 0 Å². The van der Waals surface area contributed by atoms with Crippen LogP contribution in [-0.2, 0) is 9.59 Å². The van der Waals surface area contributed by atoms with Gasteiger partial charge in [-0.1, -0.05) is 0 Å². The standard InChI is InChI=1S/C13H22N2O4/c16-7-3-10-1-5-14(12(10)18)9-15-6-2-11(4-8-17)13(15)19/h10-11,16-17H,1-9H2. The second kappa shape index (κ2) is 6.34. The van der Waals surface area contributed by atoms with Gasteiger partial charge < -0.3 is 20.0 Å². The normalized spacial score (nSPS) is 27.7. The highest BCUT2D eigenvalue weighted by Crippen LogP contribution is 2.25. The first-order valence-electron chi connectivity index (χ1n) is 6.96. The highest BCUT2D eigenvalue weighted by Gasteiger charge is 2.36. The largest absolute Gasteiger partial charge is 0.396 e. The SMILES string of the molecule is O=C1C(CCO)CCN1CN1CCC(CCO)C1=O. The second-order valence-electron chi connectivity index (χ2n) is 5.34. The fourth-order valence-electron chi connectivity index (χ4n) is 2.94. The smallest absolute Gasteiger partial charge is 0.227 e. The molecule has 2 amide bonds. The number of aliphatic hydroxyl groups excluding tert-OH is 2. The van der Waals surface area contributed by atoms with Crippen LogP contribution in [0.3, 0.4) is 0 Å². The zero-order chi connectivity index (χ0) is 13.8. The van der Waals surface area contributed by atoms with E-state index in [1.165, 1.54) is 0 Å². The first-order valence-corrected chi connectivity index (χ1v) is 6.96. The van der Waals surface area contributed by atoms with Gasteiger partial charge in [0.25, 0.3) is 0 Å². The number of hydrogen-bond acceptors (Lipinski definition) is 4. The van der Waals surface area contributed by atoms with Gasteiger partial charge in [-0.2, -0.15) is 0 Å². The molecule has 2 heterocycles. The fraction of sp³-hybridized carbons (Fsp3) is 0.846. The van der Waals surface area contributed by atoms with Crippen molar-refractivity contribution in [2.24, 2.45) is 11.8 Å². The van der Waals surface area contributed by atoms with Crippen LogP contribution in [0.2, 0.25) is 0 Å². The van der Waals surface area contributed by atoms with Crippen molar-refractivity contribution in [1.29, 1.82) is 0 Å². The Morgan fingerprint density at radius 3 is 1.68 bits per heavy atom. The lowest BCUT2D eigenvalue weighted by atomic mass is 10.1. The van der Waals surface area contributed by atoms with Crippen molar-refractivity contribution in [3.05, 3.63) is 0 Å². The molecule has 0 aromatic heterocycles. The Kier molecular flexibility index (Phi) is 4.76. The Bertz CT molecular complexity index is 316. The van der Waals surface area contributed by atoms with E-state index in [1.807, 2.05) is 0 Å². The molecule has 2 aliphatic heterocycles. The van der Waals surface area contributed by atoms with E-state index in [1.54, 1.807) is 9.80 Å². The summed E-state index contributed by atoms with van der Waals surface area (Å²) in [6.45, 7) is 1.76. The van der Waals surface area contributed by atoms with Crippen LogP contribution in [-0.4, -0.2) is 64.8 Å². The van der Waals surface area contributed by atoms with E-state index in [2.05, 4.69) is 0 Å². The van der Waals surface area contributed by atoms with Crippen molar-refractivity contribution in [3.63, 3.8) is 0 Å². The summed E-state index contributed by atoms with van der Waals surface area (Å²) in [4.78, 5) is 27.5. The molecule has 108 valence electrons. The monoisotopic (exact) mass is 270 g/mol. The molecule has 2 unspecified atom stereocenters. The number of carbonyl (C=O) groups is 2. The predicted octanol–water partition coefficient (Wildman–Crippen LogP) is -0.594. The van der Waals surface area contributed by atoms with Gasteiger partial charge in [0.1, 0.15) is 0 Å². The zero-order valence-electron chi connectivity index (χ0n) is 11.1. The molecule has 0 spiro atoms. The average molecular weight is 270 g/mol. The van der Waals surface area contributed by atoms with Gasteiger partial charge in [0.15, 0.2) is 0 Å². The van der Waals surface area contributed by atoms with Crippen LogP contribution in [0.1, 0.15) is 25.7 Å². The summed E-state index contributed by atoms with van der Waals surface area (Å²) < 4.78 is 0. The third-order valence-corrected chi connectivity index (χ3v) is 4.11. The number of carbonyl (C=O) groups excluding carboxylic acids is 2. The molecule has 0 bridgehead atoms. The average Bonchev–Trinajstić information content (AvgIpc) is 2.90. The maximum atomic E-state index is 12.0. The van der Waals surface area contributed by atoms with E-state index in [-0.39, 0.29) is 36.9 Å².